The van der Waals surface area contributed by atoms with E-state index in [1.165, 1.54) is 0 Å². The molecule has 108 valence electrons. The van der Waals surface area contributed by atoms with E-state index in [1.54, 1.807) is 0 Å². The van der Waals surface area contributed by atoms with Crippen LogP contribution in [-0.2, 0) is 13.5 Å². The van der Waals surface area contributed by atoms with Crippen molar-refractivity contribution in [1.82, 2.24) is 30.3 Å². The fraction of sp³-hybridized carbons (Fsp3) is 0.615. The maximum Gasteiger partial charge on any atom is 0.245 e. The summed E-state index contributed by atoms with van der Waals surface area (Å²) >= 11 is 0. The Hall–Kier alpha value is -1.89. The van der Waals surface area contributed by atoms with E-state index in [4.69, 9.17) is 0 Å². The molecule has 0 bridgehead atoms. The highest BCUT2D eigenvalue weighted by atomic mass is 15.4. The zero-order valence-corrected chi connectivity index (χ0v) is 12.2. The van der Waals surface area contributed by atoms with E-state index in [2.05, 4.69) is 50.4 Å². The zero-order chi connectivity index (χ0) is 14.1. The quantitative estimate of drug-likeness (QED) is 0.856. The van der Waals surface area contributed by atoms with Gasteiger partial charge in [-0.3, -0.25) is 9.78 Å². The Morgan fingerprint density at radius 2 is 2.30 bits per heavy atom. The van der Waals surface area contributed by atoms with E-state index in [0.29, 0.717) is 6.04 Å². The highest BCUT2D eigenvalue weighted by Crippen LogP contribution is 2.19. The van der Waals surface area contributed by atoms with Crippen molar-refractivity contribution in [2.45, 2.75) is 26.3 Å². The topological polar surface area (TPSA) is 74.7 Å². The lowest BCUT2D eigenvalue weighted by molar-refractivity contribution is 0.480. The average molecular weight is 275 g/mol. The molecule has 7 heteroatoms. The predicted octanol–water partition coefficient (Wildman–Crippen LogP) is 0.566. The van der Waals surface area contributed by atoms with Crippen molar-refractivity contribution in [1.29, 1.82) is 0 Å². The van der Waals surface area contributed by atoms with Gasteiger partial charge in [0, 0.05) is 32.7 Å². The van der Waals surface area contributed by atoms with Gasteiger partial charge in [0.05, 0.1) is 5.69 Å². The predicted molar refractivity (Wildman–Crippen MR) is 77.6 cm³/mol. The first-order valence-corrected chi connectivity index (χ1v) is 7.11. The Kier molecular flexibility index (Phi) is 3.43. The van der Waals surface area contributed by atoms with Crippen LogP contribution in [0.2, 0.25) is 0 Å². The molecule has 1 aliphatic rings. The normalized spacial score (nSPS) is 19.6. The molecule has 0 aliphatic carbocycles. The summed E-state index contributed by atoms with van der Waals surface area (Å²) in [4.78, 5) is 6.82. The smallest absolute Gasteiger partial charge is 0.245 e. The zero-order valence-electron chi connectivity index (χ0n) is 12.2. The summed E-state index contributed by atoms with van der Waals surface area (Å²) in [7, 11) is 1.93. The van der Waals surface area contributed by atoms with E-state index >= 15 is 0 Å². The van der Waals surface area contributed by atoms with Crippen LogP contribution in [0.25, 0.3) is 11.5 Å². The third-order valence-electron chi connectivity index (χ3n) is 3.66. The van der Waals surface area contributed by atoms with Gasteiger partial charge in [0.1, 0.15) is 5.69 Å². The molecule has 2 aromatic rings. The number of hydrogen-bond donors (Lipinski definition) is 2. The monoisotopic (exact) mass is 275 g/mol. The van der Waals surface area contributed by atoms with Crippen LogP contribution >= 0.6 is 0 Å². The number of hydrogen-bond acceptors (Lipinski definition) is 5. The molecular formula is C13H21N7. The van der Waals surface area contributed by atoms with E-state index in [0.717, 1.165) is 49.2 Å². The largest absolute Gasteiger partial charge is 0.337 e. The number of H-pyrrole nitrogens is 1. The lowest BCUT2D eigenvalue weighted by atomic mass is 10.2. The van der Waals surface area contributed by atoms with Gasteiger partial charge in [0.2, 0.25) is 5.95 Å². The number of nitrogens with zero attached hydrogens (tertiary/aromatic N) is 5. The fourth-order valence-electron chi connectivity index (χ4n) is 2.54. The summed E-state index contributed by atoms with van der Waals surface area (Å²) in [5.74, 6) is 1.55. The number of aromatic amines is 1. The second-order valence-electron chi connectivity index (χ2n) is 5.28. The summed E-state index contributed by atoms with van der Waals surface area (Å²) in [5.41, 5.74) is 2.04. The molecule has 1 aliphatic heterocycles. The first-order valence-electron chi connectivity index (χ1n) is 7.11. The third kappa shape index (κ3) is 2.40. The summed E-state index contributed by atoms with van der Waals surface area (Å²) in [5, 5.41) is 15.2. The Morgan fingerprint density at radius 3 is 3.00 bits per heavy atom. The van der Waals surface area contributed by atoms with Crippen molar-refractivity contribution in [2.24, 2.45) is 7.05 Å². The summed E-state index contributed by atoms with van der Waals surface area (Å²) < 4.78 is 1.85. The van der Waals surface area contributed by atoms with Crippen molar-refractivity contribution in [3.05, 3.63) is 11.8 Å². The second kappa shape index (κ2) is 5.24. The second-order valence-corrected chi connectivity index (χ2v) is 5.28. The summed E-state index contributed by atoms with van der Waals surface area (Å²) in [6.45, 7) is 7.11. The minimum atomic E-state index is 0.467. The van der Waals surface area contributed by atoms with Crippen LogP contribution < -0.4 is 10.2 Å². The number of anilines is 1. The van der Waals surface area contributed by atoms with Crippen LogP contribution in [0.15, 0.2) is 6.07 Å². The van der Waals surface area contributed by atoms with Crippen LogP contribution in [0.3, 0.4) is 0 Å². The van der Waals surface area contributed by atoms with Gasteiger partial charge in [-0.05, 0) is 19.4 Å². The molecule has 0 unspecified atom stereocenters. The molecule has 1 saturated heterocycles. The van der Waals surface area contributed by atoms with Gasteiger partial charge in [-0.1, -0.05) is 6.92 Å². The van der Waals surface area contributed by atoms with E-state index in [-0.39, 0.29) is 0 Å². The lowest BCUT2D eigenvalue weighted by Crippen LogP contribution is -2.49. The SMILES string of the molecule is CCc1cc(-c2nc(N3CCN[C@@H](C)C3)n[nH]2)n(C)n1. The van der Waals surface area contributed by atoms with E-state index in [9.17, 15) is 0 Å². The fourth-order valence-corrected chi connectivity index (χ4v) is 2.54. The molecule has 2 aromatic heterocycles. The van der Waals surface area contributed by atoms with Gasteiger partial charge < -0.3 is 10.2 Å². The van der Waals surface area contributed by atoms with Gasteiger partial charge in [-0.25, -0.2) is 0 Å². The van der Waals surface area contributed by atoms with Crippen molar-refractivity contribution >= 4 is 5.95 Å². The molecule has 0 aromatic carbocycles. The summed E-state index contributed by atoms with van der Waals surface area (Å²) in [6, 6.07) is 2.53. The third-order valence-corrected chi connectivity index (χ3v) is 3.66. The average Bonchev–Trinajstić information content (AvgIpc) is 3.05. The lowest BCUT2D eigenvalue weighted by Gasteiger charge is -2.30. The first-order chi connectivity index (χ1) is 9.67. The van der Waals surface area contributed by atoms with Gasteiger partial charge >= 0.3 is 0 Å². The highest BCUT2D eigenvalue weighted by molar-refractivity contribution is 5.52. The maximum absolute atomic E-state index is 4.62. The van der Waals surface area contributed by atoms with Gasteiger partial charge in [-0.15, -0.1) is 5.10 Å². The van der Waals surface area contributed by atoms with Gasteiger partial charge in [-0.2, -0.15) is 10.1 Å². The number of aryl methyl sites for hydroxylation is 2. The van der Waals surface area contributed by atoms with Crippen LogP contribution in [0.1, 0.15) is 19.5 Å². The number of aromatic nitrogens is 5. The van der Waals surface area contributed by atoms with E-state index < -0.39 is 0 Å². The standard InChI is InChI=1S/C13H21N7/c1-4-10-7-11(19(3)18-10)12-15-13(17-16-12)20-6-5-14-9(2)8-20/h7,9,14H,4-6,8H2,1-3H3,(H,15,16,17)/t9-/m0/s1. The van der Waals surface area contributed by atoms with Crippen molar-refractivity contribution < 1.29 is 0 Å². The minimum absolute atomic E-state index is 0.467. The summed E-state index contributed by atoms with van der Waals surface area (Å²) in [6.07, 6.45) is 0.921. The van der Waals surface area contributed by atoms with Gasteiger partial charge in [0.15, 0.2) is 5.82 Å². The molecule has 0 radical (unpaired) electrons. The van der Waals surface area contributed by atoms with Crippen molar-refractivity contribution in [2.75, 3.05) is 24.5 Å². The molecule has 2 N–H and O–H groups in total. The van der Waals surface area contributed by atoms with Crippen LogP contribution in [-0.4, -0.2) is 50.6 Å². The number of piperazine rings is 1. The maximum atomic E-state index is 4.62. The Labute approximate surface area is 118 Å². The number of nitrogens with one attached hydrogen (secondary N) is 2. The van der Waals surface area contributed by atoms with E-state index in [1.807, 2.05) is 11.7 Å². The molecule has 1 atom stereocenters. The van der Waals surface area contributed by atoms with Crippen molar-refractivity contribution in [3.8, 4) is 11.5 Å². The van der Waals surface area contributed by atoms with Crippen LogP contribution in [0, 0.1) is 0 Å². The highest BCUT2D eigenvalue weighted by Gasteiger charge is 2.20. The molecule has 0 amide bonds. The van der Waals surface area contributed by atoms with Crippen LogP contribution in [0.4, 0.5) is 5.95 Å². The molecule has 0 spiro atoms. The van der Waals surface area contributed by atoms with Crippen LogP contribution in [0.5, 0.6) is 0 Å². The molecule has 1 fully saturated rings. The first kappa shape index (κ1) is 13.1. The molecular weight excluding hydrogens is 254 g/mol. The molecule has 3 rings (SSSR count). The minimum Gasteiger partial charge on any atom is -0.337 e. The Balaban J connectivity index is 1.84. The Morgan fingerprint density at radius 1 is 1.45 bits per heavy atom. The Bertz CT molecular complexity index is 585. The van der Waals surface area contributed by atoms with Gasteiger partial charge in [0.25, 0.3) is 0 Å². The number of rotatable bonds is 3. The molecule has 20 heavy (non-hydrogen) atoms. The molecule has 7 nitrogen and oxygen atoms in total. The molecule has 0 saturated carbocycles. The van der Waals surface area contributed by atoms with Crippen molar-refractivity contribution in [3.63, 3.8) is 0 Å². The molecule has 3 heterocycles.